The number of rotatable bonds is 7. The Morgan fingerprint density at radius 1 is 0.727 bits per heavy atom. The van der Waals surface area contributed by atoms with Crippen molar-refractivity contribution < 1.29 is 64.6 Å². The van der Waals surface area contributed by atoms with Gasteiger partial charge in [0, 0.05) is 0 Å². The maximum absolute atomic E-state index is 13.0. The van der Waals surface area contributed by atoms with Gasteiger partial charge in [0.05, 0.1) is 24.7 Å². The predicted octanol–water partition coefficient (Wildman–Crippen LogP) is 2.88. The van der Waals surface area contributed by atoms with Gasteiger partial charge in [-0.2, -0.15) is 0 Å². The Balaban J connectivity index is 1.12. The normalized spacial score (nSPS) is 53.2. The fourth-order valence-electron chi connectivity index (χ4n) is 13.7. The van der Waals surface area contributed by atoms with Crippen molar-refractivity contribution in [2.75, 3.05) is 13.2 Å². The Bertz CT molecular complexity index is 1480. The molecular weight excluding hydrogens is 712 g/mol. The number of aliphatic hydroxyl groups excluding tert-OH is 7. The van der Waals surface area contributed by atoms with Gasteiger partial charge in [-0.3, -0.25) is 4.79 Å². The third kappa shape index (κ3) is 6.23. The van der Waals surface area contributed by atoms with Crippen molar-refractivity contribution in [3.8, 4) is 0 Å². The van der Waals surface area contributed by atoms with Crippen LogP contribution in [0, 0.1) is 50.2 Å². The first-order chi connectivity index (χ1) is 25.6. The zero-order chi connectivity index (χ0) is 40.3. The van der Waals surface area contributed by atoms with Gasteiger partial charge in [0.1, 0.15) is 48.8 Å². The van der Waals surface area contributed by atoms with Crippen molar-refractivity contribution in [3.63, 3.8) is 0 Å². The topological polar surface area (TPSA) is 216 Å². The molecule has 0 aromatic rings. The molecule has 18 atom stereocenters. The number of allylic oxidation sites excluding steroid dienone is 2. The summed E-state index contributed by atoms with van der Waals surface area (Å²) in [5, 5.41) is 84.4. The quantitative estimate of drug-likeness (QED) is 0.138. The highest BCUT2D eigenvalue weighted by Gasteiger charge is 2.69. The van der Waals surface area contributed by atoms with Gasteiger partial charge in [-0.15, -0.1) is 0 Å². The first-order valence-corrected chi connectivity index (χ1v) is 20.8. The second kappa shape index (κ2) is 14.2. The van der Waals surface area contributed by atoms with E-state index in [1.165, 1.54) is 5.57 Å². The van der Waals surface area contributed by atoms with Gasteiger partial charge in [-0.05, 0) is 109 Å². The van der Waals surface area contributed by atoms with Crippen LogP contribution in [0.3, 0.4) is 0 Å². The molecule has 13 nitrogen and oxygen atoms in total. The zero-order valence-electron chi connectivity index (χ0n) is 33.8. The Kier molecular flexibility index (Phi) is 10.8. The number of ether oxygens (including phenoxy) is 4. The molecule has 55 heavy (non-hydrogen) atoms. The van der Waals surface area contributed by atoms with E-state index >= 15 is 0 Å². The molecule has 0 aromatic carbocycles. The number of carboxylic acid groups (broad SMARTS) is 1. The lowest BCUT2D eigenvalue weighted by Gasteiger charge is -2.71. The van der Waals surface area contributed by atoms with E-state index in [1.807, 2.05) is 0 Å². The van der Waals surface area contributed by atoms with Crippen LogP contribution in [0.15, 0.2) is 11.6 Å². The summed E-state index contributed by atoms with van der Waals surface area (Å²) < 4.78 is 24.0. The Hall–Kier alpha value is -1.23. The minimum Gasteiger partial charge on any atom is -0.481 e. The van der Waals surface area contributed by atoms with E-state index in [2.05, 4.69) is 54.5 Å². The summed E-state index contributed by atoms with van der Waals surface area (Å²) in [6, 6.07) is 0. The molecule has 7 rings (SSSR count). The van der Waals surface area contributed by atoms with Gasteiger partial charge in [0.2, 0.25) is 0 Å². The SMILES string of the molecule is CC1(C)CC[C@]2(C(=O)O)CC[C@]3(C)C(=CC[C@@H]4[C@@]5(C)CC[C@H](O[C@@H]6O[C@H](CO)[C@@H](O)[C@H](O[C@@H]7O[C@H](CO)[C@@H](O)[C@H](O)[C@H]7O)[C@H]6O)C(C)(C)[C@@H]5CC[C@]43C)[C@@H]2C1. The molecule has 0 radical (unpaired) electrons. The number of hydrogen-bond acceptors (Lipinski definition) is 12. The monoisotopic (exact) mass is 780 g/mol. The van der Waals surface area contributed by atoms with Gasteiger partial charge < -0.3 is 59.8 Å². The first-order valence-electron chi connectivity index (χ1n) is 20.8. The molecule has 0 bridgehead atoms. The highest BCUT2D eigenvalue weighted by atomic mass is 16.7. The predicted molar refractivity (Wildman–Crippen MR) is 198 cm³/mol. The van der Waals surface area contributed by atoms with Crippen molar-refractivity contribution in [3.05, 3.63) is 11.6 Å². The summed E-state index contributed by atoms with van der Waals surface area (Å²) >= 11 is 0. The summed E-state index contributed by atoms with van der Waals surface area (Å²) in [7, 11) is 0. The fraction of sp³-hybridized carbons (Fsp3) is 0.929. The van der Waals surface area contributed by atoms with Crippen LogP contribution >= 0.6 is 0 Å². The number of hydrogen-bond donors (Lipinski definition) is 8. The van der Waals surface area contributed by atoms with Crippen LogP contribution < -0.4 is 0 Å². The minimum absolute atomic E-state index is 0.0134. The molecule has 0 amide bonds. The van der Waals surface area contributed by atoms with Crippen molar-refractivity contribution in [1.82, 2.24) is 0 Å². The summed E-state index contributed by atoms with van der Waals surface area (Å²) in [4.78, 5) is 13.0. The van der Waals surface area contributed by atoms with Gasteiger partial charge in [-0.25, -0.2) is 0 Å². The third-order valence-corrected chi connectivity index (χ3v) is 17.3. The number of carboxylic acids is 1. The van der Waals surface area contributed by atoms with Crippen LogP contribution in [0.1, 0.15) is 113 Å². The second-order valence-electron chi connectivity index (χ2n) is 20.7. The summed E-state index contributed by atoms with van der Waals surface area (Å²) in [5.74, 6) is 0.0564. The van der Waals surface area contributed by atoms with E-state index in [0.29, 0.717) is 12.3 Å². The molecule has 7 aliphatic rings. The molecule has 6 fully saturated rings. The lowest BCUT2D eigenvalue weighted by molar-refractivity contribution is -0.369. The molecule has 2 saturated heterocycles. The molecule has 5 aliphatic carbocycles. The molecule has 0 aromatic heterocycles. The standard InChI is InChI=1S/C42H68O13/c1-37(2)14-16-42(36(50)51)17-15-40(6)21(22(42)18-37)8-9-26-39(5)12-11-27(38(3,4)25(39)10-13-41(26,40)7)54-35-32(49)33(29(46)24(20-44)53-35)55-34-31(48)30(47)28(45)23(19-43)52-34/h8,22-35,43-49H,9-20H2,1-7H3,(H,50,51)/t22-,23+,24+,25-,26+,27-,28+,29+,30-,31+,32+,33-,34-,35-,39-,40+,41+,42-/m0/s1. The molecule has 2 heterocycles. The lowest BCUT2D eigenvalue weighted by Crippen LogP contribution is -2.67. The van der Waals surface area contributed by atoms with E-state index in [4.69, 9.17) is 18.9 Å². The summed E-state index contributed by atoms with van der Waals surface area (Å²) in [5.41, 5.74) is 0.283. The molecule has 8 N–H and O–H groups in total. The van der Waals surface area contributed by atoms with E-state index in [9.17, 15) is 45.6 Å². The van der Waals surface area contributed by atoms with E-state index in [0.717, 1.165) is 57.8 Å². The number of fused-ring (bicyclic) bond motifs is 7. The lowest BCUT2D eigenvalue weighted by atomic mass is 9.33. The van der Waals surface area contributed by atoms with Gasteiger partial charge in [-0.1, -0.05) is 60.1 Å². The number of aliphatic carboxylic acids is 1. The van der Waals surface area contributed by atoms with Crippen LogP contribution in [0.5, 0.6) is 0 Å². The zero-order valence-corrected chi connectivity index (χ0v) is 33.8. The van der Waals surface area contributed by atoms with Crippen LogP contribution in [-0.4, -0.2) is 128 Å². The van der Waals surface area contributed by atoms with Crippen molar-refractivity contribution in [1.29, 1.82) is 0 Å². The average molecular weight is 781 g/mol. The highest BCUT2D eigenvalue weighted by Crippen LogP contribution is 2.76. The summed E-state index contributed by atoms with van der Waals surface area (Å²) in [6.07, 6.45) is -4.35. The van der Waals surface area contributed by atoms with Crippen LogP contribution in [0.25, 0.3) is 0 Å². The van der Waals surface area contributed by atoms with Gasteiger partial charge in [0.15, 0.2) is 12.6 Å². The smallest absolute Gasteiger partial charge is 0.310 e. The van der Waals surface area contributed by atoms with Gasteiger partial charge in [0.25, 0.3) is 0 Å². The minimum atomic E-state index is -1.75. The molecule has 4 saturated carbocycles. The van der Waals surface area contributed by atoms with Gasteiger partial charge >= 0.3 is 5.97 Å². The fourth-order valence-corrected chi connectivity index (χ4v) is 13.7. The Morgan fingerprint density at radius 3 is 1.98 bits per heavy atom. The molecular formula is C42H68O13. The maximum Gasteiger partial charge on any atom is 0.310 e. The van der Waals surface area contributed by atoms with E-state index < -0.39 is 86.0 Å². The Morgan fingerprint density at radius 2 is 1.35 bits per heavy atom. The average Bonchev–Trinajstić information content (AvgIpc) is 3.12. The van der Waals surface area contributed by atoms with Crippen LogP contribution in [0.4, 0.5) is 0 Å². The summed E-state index contributed by atoms with van der Waals surface area (Å²) in [6.45, 7) is 15.1. The number of aliphatic hydroxyl groups is 7. The molecule has 13 heteroatoms. The largest absolute Gasteiger partial charge is 0.481 e. The van der Waals surface area contributed by atoms with Crippen molar-refractivity contribution >= 4 is 5.97 Å². The Labute approximate surface area is 325 Å². The molecule has 2 aliphatic heterocycles. The first kappa shape index (κ1) is 41.9. The van der Waals surface area contributed by atoms with E-state index in [-0.39, 0.29) is 45.0 Å². The second-order valence-corrected chi connectivity index (χ2v) is 20.7. The third-order valence-electron chi connectivity index (χ3n) is 17.3. The number of carbonyl (C=O) groups is 1. The van der Waals surface area contributed by atoms with Crippen molar-refractivity contribution in [2.45, 2.75) is 180 Å². The maximum atomic E-state index is 13.0. The molecule has 0 spiro atoms. The molecule has 314 valence electrons. The highest BCUT2D eigenvalue weighted by molar-refractivity contribution is 5.76. The van der Waals surface area contributed by atoms with Crippen molar-refractivity contribution in [2.24, 2.45) is 50.2 Å². The van der Waals surface area contributed by atoms with E-state index in [1.54, 1.807) is 0 Å². The van der Waals surface area contributed by atoms with Crippen LogP contribution in [0.2, 0.25) is 0 Å². The molecule has 0 unspecified atom stereocenters. The van der Waals surface area contributed by atoms with Crippen LogP contribution in [-0.2, 0) is 23.7 Å².